The van der Waals surface area contributed by atoms with E-state index in [1.165, 1.54) is 11.1 Å². The molecule has 0 spiro atoms. The SMILES string of the molecule is COC(CNCC(=O)NCCc1ccc(C)cc1)OC. The summed E-state index contributed by atoms with van der Waals surface area (Å²) in [4.78, 5) is 11.6. The number of hydrogen-bond acceptors (Lipinski definition) is 4. The van der Waals surface area contributed by atoms with Gasteiger partial charge in [-0.2, -0.15) is 0 Å². The summed E-state index contributed by atoms with van der Waals surface area (Å²) < 4.78 is 10.0. The Labute approximate surface area is 120 Å². The van der Waals surface area contributed by atoms with Crippen molar-refractivity contribution in [3.8, 4) is 0 Å². The summed E-state index contributed by atoms with van der Waals surface area (Å²) >= 11 is 0. The molecule has 20 heavy (non-hydrogen) atoms. The summed E-state index contributed by atoms with van der Waals surface area (Å²) in [6.07, 6.45) is 0.514. The molecule has 1 amide bonds. The van der Waals surface area contributed by atoms with Gasteiger partial charge in [-0.1, -0.05) is 29.8 Å². The number of methoxy groups -OCH3 is 2. The molecule has 0 saturated heterocycles. The quantitative estimate of drug-likeness (QED) is 0.659. The van der Waals surface area contributed by atoms with E-state index >= 15 is 0 Å². The van der Waals surface area contributed by atoms with Crippen LogP contribution in [0.4, 0.5) is 0 Å². The van der Waals surface area contributed by atoms with Gasteiger partial charge in [-0.05, 0) is 18.9 Å². The zero-order valence-electron chi connectivity index (χ0n) is 12.4. The lowest BCUT2D eigenvalue weighted by Crippen LogP contribution is -2.38. The molecule has 2 N–H and O–H groups in total. The highest BCUT2D eigenvalue weighted by Crippen LogP contribution is 2.02. The fourth-order valence-electron chi connectivity index (χ4n) is 1.73. The molecule has 0 aliphatic rings. The molecule has 5 nitrogen and oxygen atoms in total. The molecule has 0 saturated carbocycles. The molecular formula is C15H24N2O3. The van der Waals surface area contributed by atoms with Crippen LogP contribution in [-0.2, 0) is 20.7 Å². The number of ether oxygens (including phenoxy) is 2. The first-order valence-electron chi connectivity index (χ1n) is 6.74. The van der Waals surface area contributed by atoms with Crippen molar-refractivity contribution >= 4 is 5.91 Å². The van der Waals surface area contributed by atoms with Crippen molar-refractivity contribution in [3.05, 3.63) is 35.4 Å². The van der Waals surface area contributed by atoms with Crippen LogP contribution >= 0.6 is 0 Å². The number of aryl methyl sites for hydroxylation is 1. The van der Waals surface area contributed by atoms with Gasteiger partial charge < -0.3 is 20.1 Å². The Morgan fingerprint density at radius 3 is 2.45 bits per heavy atom. The topological polar surface area (TPSA) is 59.6 Å². The summed E-state index contributed by atoms with van der Waals surface area (Å²) in [6, 6.07) is 8.33. The van der Waals surface area contributed by atoms with Crippen LogP contribution in [0.3, 0.4) is 0 Å². The molecule has 112 valence electrons. The zero-order chi connectivity index (χ0) is 14.8. The van der Waals surface area contributed by atoms with Crippen molar-refractivity contribution in [3.63, 3.8) is 0 Å². The standard InChI is InChI=1S/C15H24N2O3/c1-12-4-6-13(7-5-12)8-9-17-14(18)10-16-11-15(19-2)20-3/h4-7,15-16H,8-11H2,1-3H3,(H,17,18). The van der Waals surface area contributed by atoms with E-state index < -0.39 is 0 Å². The molecule has 1 aromatic rings. The van der Waals surface area contributed by atoms with Gasteiger partial charge >= 0.3 is 0 Å². The minimum absolute atomic E-state index is 0.0249. The van der Waals surface area contributed by atoms with Crippen molar-refractivity contribution in [2.24, 2.45) is 0 Å². The smallest absolute Gasteiger partial charge is 0.233 e. The van der Waals surface area contributed by atoms with Gasteiger partial charge in [-0.3, -0.25) is 4.79 Å². The predicted molar refractivity (Wildman–Crippen MR) is 78.6 cm³/mol. The predicted octanol–water partition coefficient (Wildman–Crippen LogP) is 0.862. The molecule has 1 aromatic carbocycles. The van der Waals surface area contributed by atoms with E-state index in [1.807, 2.05) is 0 Å². The van der Waals surface area contributed by atoms with Crippen LogP contribution in [0, 0.1) is 6.92 Å². The minimum atomic E-state index is -0.324. The van der Waals surface area contributed by atoms with Gasteiger partial charge in [0.15, 0.2) is 6.29 Å². The normalized spacial score (nSPS) is 10.8. The van der Waals surface area contributed by atoms with Crippen LogP contribution in [0.1, 0.15) is 11.1 Å². The maximum absolute atomic E-state index is 11.6. The van der Waals surface area contributed by atoms with Crippen LogP contribution in [0.15, 0.2) is 24.3 Å². The third kappa shape index (κ3) is 6.65. The van der Waals surface area contributed by atoms with E-state index in [0.29, 0.717) is 13.1 Å². The number of benzene rings is 1. The zero-order valence-corrected chi connectivity index (χ0v) is 12.4. The van der Waals surface area contributed by atoms with E-state index in [2.05, 4.69) is 41.8 Å². The van der Waals surface area contributed by atoms with Gasteiger partial charge in [-0.25, -0.2) is 0 Å². The third-order valence-corrected chi connectivity index (χ3v) is 2.98. The van der Waals surface area contributed by atoms with Gasteiger partial charge in [0.25, 0.3) is 0 Å². The van der Waals surface area contributed by atoms with Crippen molar-refractivity contribution in [1.82, 2.24) is 10.6 Å². The van der Waals surface area contributed by atoms with Crippen LogP contribution in [0.25, 0.3) is 0 Å². The van der Waals surface area contributed by atoms with Crippen LogP contribution in [0.2, 0.25) is 0 Å². The second-order valence-corrected chi connectivity index (χ2v) is 4.62. The van der Waals surface area contributed by atoms with E-state index in [-0.39, 0.29) is 18.7 Å². The number of amides is 1. The molecule has 0 aliphatic carbocycles. The number of rotatable bonds is 9. The number of carbonyl (C=O) groups is 1. The molecule has 0 atom stereocenters. The highest BCUT2D eigenvalue weighted by atomic mass is 16.7. The second-order valence-electron chi connectivity index (χ2n) is 4.62. The van der Waals surface area contributed by atoms with Gasteiger partial charge in [0.2, 0.25) is 5.91 Å². The third-order valence-electron chi connectivity index (χ3n) is 2.98. The summed E-state index contributed by atoms with van der Waals surface area (Å²) in [5.41, 5.74) is 2.47. The number of hydrogen-bond donors (Lipinski definition) is 2. The van der Waals surface area contributed by atoms with Crippen molar-refractivity contribution in [1.29, 1.82) is 0 Å². The van der Waals surface area contributed by atoms with Gasteiger partial charge in [-0.15, -0.1) is 0 Å². The Balaban J connectivity index is 2.12. The Morgan fingerprint density at radius 1 is 1.20 bits per heavy atom. The van der Waals surface area contributed by atoms with E-state index in [9.17, 15) is 4.79 Å². The first-order chi connectivity index (χ1) is 9.65. The molecule has 0 fully saturated rings. The molecule has 5 heteroatoms. The van der Waals surface area contributed by atoms with Gasteiger partial charge in [0.05, 0.1) is 6.54 Å². The molecule has 0 aromatic heterocycles. The molecule has 0 heterocycles. The Bertz CT molecular complexity index is 389. The van der Waals surface area contributed by atoms with E-state index in [4.69, 9.17) is 9.47 Å². The molecule has 0 aliphatic heterocycles. The fourth-order valence-corrected chi connectivity index (χ4v) is 1.73. The monoisotopic (exact) mass is 280 g/mol. The Hall–Kier alpha value is -1.43. The Kier molecular flexibility index (Phi) is 7.87. The maximum atomic E-state index is 11.6. The lowest BCUT2D eigenvalue weighted by molar-refractivity contribution is -0.121. The molecular weight excluding hydrogens is 256 g/mol. The largest absolute Gasteiger partial charge is 0.355 e. The van der Waals surface area contributed by atoms with E-state index in [0.717, 1.165) is 6.42 Å². The second kappa shape index (κ2) is 9.47. The Morgan fingerprint density at radius 2 is 1.85 bits per heavy atom. The lowest BCUT2D eigenvalue weighted by atomic mass is 10.1. The maximum Gasteiger partial charge on any atom is 0.233 e. The molecule has 0 bridgehead atoms. The van der Waals surface area contributed by atoms with Crippen LogP contribution in [0.5, 0.6) is 0 Å². The average molecular weight is 280 g/mol. The van der Waals surface area contributed by atoms with Gasteiger partial charge in [0, 0.05) is 27.3 Å². The van der Waals surface area contributed by atoms with Crippen molar-refractivity contribution < 1.29 is 14.3 Å². The van der Waals surface area contributed by atoms with Crippen LogP contribution in [-0.4, -0.2) is 46.1 Å². The minimum Gasteiger partial charge on any atom is -0.355 e. The van der Waals surface area contributed by atoms with E-state index in [1.54, 1.807) is 14.2 Å². The van der Waals surface area contributed by atoms with Gasteiger partial charge in [0.1, 0.15) is 0 Å². The molecule has 0 radical (unpaired) electrons. The first-order valence-corrected chi connectivity index (χ1v) is 6.74. The van der Waals surface area contributed by atoms with Crippen LogP contribution < -0.4 is 10.6 Å². The molecule has 0 unspecified atom stereocenters. The molecule has 1 rings (SSSR count). The first kappa shape index (κ1) is 16.6. The summed E-state index contributed by atoms with van der Waals surface area (Å²) in [5.74, 6) is -0.0249. The van der Waals surface area contributed by atoms with Crippen molar-refractivity contribution in [2.45, 2.75) is 19.6 Å². The highest BCUT2D eigenvalue weighted by molar-refractivity contribution is 5.77. The number of nitrogens with one attached hydrogen (secondary N) is 2. The summed E-state index contributed by atoms with van der Waals surface area (Å²) in [5, 5.41) is 5.85. The lowest BCUT2D eigenvalue weighted by Gasteiger charge is -2.13. The fraction of sp³-hybridized carbons (Fsp3) is 0.533. The average Bonchev–Trinajstić information content (AvgIpc) is 2.46. The van der Waals surface area contributed by atoms with Crippen molar-refractivity contribution in [2.75, 3.05) is 33.9 Å². The summed E-state index contributed by atoms with van der Waals surface area (Å²) in [7, 11) is 3.13. The number of carbonyl (C=O) groups excluding carboxylic acids is 1. The highest BCUT2D eigenvalue weighted by Gasteiger charge is 2.06. The summed E-state index contributed by atoms with van der Waals surface area (Å²) in [6.45, 7) is 3.45.